The fourth-order valence-corrected chi connectivity index (χ4v) is 1.10. The van der Waals surface area contributed by atoms with Crippen LogP contribution in [0.2, 0.25) is 0 Å². The Kier molecular flexibility index (Phi) is 6.50. The second kappa shape index (κ2) is 7.06. The van der Waals surface area contributed by atoms with E-state index < -0.39 is 17.5 Å². The molecule has 0 bridgehead atoms. The molecule has 5 heteroatoms. The van der Waals surface area contributed by atoms with Gasteiger partial charge < -0.3 is 14.6 Å². The molecule has 0 radical (unpaired) electrons. The lowest BCUT2D eigenvalue weighted by atomic mass is 9.98. The van der Waals surface area contributed by atoms with Crippen LogP contribution < -0.4 is 0 Å². The maximum absolute atomic E-state index is 11.6. The van der Waals surface area contributed by atoms with Crippen molar-refractivity contribution in [2.24, 2.45) is 0 Å². The molecule has 0 saturated carbocycles. The van der Waals surface area contributed by atoms with Crippen molar-refractivity contribution in [1.82, 2.24) is 0 Å². The highest BCUT2D eigenvalue weighted by atomic mass is 16.6. The van der Waals surface area contributed by atoms with Gasteiger partial charge in [-0.15, -0.1) is 0 Å². The number of carbonyl (C=O) groups excluding carboxylic acids is 2. The highest BCUT2D eigenvalue weighted by Gasteiger charge is 2.46. The lowest BCUT2D eigenvalue weighted by Gasteiger charge is -2.22. The summed E-state index contributed by atoms with van der Waals surface area (Å²) in [6, 6.07) is 0. The molecule has 0 aromatic rings. The fourth-order valence-electron chi connectivity index (χ4n) is 1.10. The normalized spacial score (nSPS) is 10.6. The van der Waals surface area contributed by atoms with E-state index in [-0.39, 0.29) is 19.6 Å². The minimum absolute atomic E-state index is 0.0926. The molecule has 0 rings (SSSR count). The van der Waals surface area contributed by atoms with E-state index in [1.165, 1.54) is 0 Å². The van der Waals surface area contributed by atoms with Crippen LogP contribution in [0.25, 0.3) is 0 Å². The van der Waals surface area contributed by atoms with Gasteiger partial charge in [-0.2, -0.15) is 0 Å². The Labute approximate surface area is 101 Å². The number of rotatable bonds is 6. The Morgan fingerprint density at radius 1 is 1.12 bits per heavy atom. The number of hydrogen-bond acceptors (Lipinski definition) is 5. The first-order chi connectivity index (χ1) is 7.88. The molecule has 17 heavy (non-hydrogen) atoms. The van der Waals surface area contributed by atoms with Crippen molar-refractivity contribution >= 4 is 11.9 Å². The Bertz CT molecular complexity index is 284. The molecule has 0 aliphatic carbocycles. The predicted molar refractivity (Wildman–Crippen MR) is 62.3 cm³/mol. The first kappa shape index (κ1) is 15.6. The van der Waals surface area contributed by atoms with Gasteiger partial charge in [0.05, 0.1) is 13.2 Å². The summed E-state index contributed by atoms with van der Waals surface area (Å²) in [5, 5.41) is 10.1. The molecule has 0 saturated heterocycles. The molecule has 0 atom stereocenters. The summed E-state index contributed by atoms with van der Waals surface area (Å²) in [4.78, 5) is 23.2. The quantitative estimate of drug-likeness (QED) is 0.432. The van der Waals surface area contributed by atoms with Crippen molar-refractivity contribution < 1.29 is 24.2 Å². The standard InChI is InChI=1S/C12H20O5/c1-5-16-10(13)12(15,8-7-9(3)4)11(14)17-6-2/h7,15H,5-6,8H2,1-4H3. The van der Waals surface area contributed by atoms with Gasteiger partial charge in [0.25, 0.3) is 5.60 Å². The van der Waals surface area contributed by atoms with Crippen LogP contribution in [-0.4, -0.2) is 35.9 Å². The summed E-state index contributed by atoms with van der Waals surface area (Å²) in [5.41, 5.74) is -1.36. The molecular weight excluding hydrogens is 224 g/mol. The van der Waals surface area contributed by atoms with Crippen molar-refractivity contribution in [3.63, 3.8) is 0 Å². The third kappa shape index (κ3) is 4.56. The van der Waals surface area contributed by atoms with E-state index in [0.717, 1.165) is 5.57 Å². The van der Waals surface area contributed by atoms with Crippen molar-refractivity contribution in [3.05, 3.63) is 11.6 Å². The third-order valence-corrected chi connectivity index (χ3v) is 2.03. The Balaban J connectivity index is 4.98. The maximum Gasteiger partial charge on any atom is 0.350 e. The van der Waals surface area contributed by atoms with E-state index in [4.69, 9.17) is 0 Å². The number of carbonyl (C=O) groups is 2. The molecule has 0 heterocycles. The monoisotopic (exact) mass is 244 g/mol. The smallest absolute Gasteiger partial charge is 0.350 e. The molecule has 98 valence electrons. The summed E-state index contributed by atoms with van der Waals surface area (Å²) in [5.74, 6) is -1.95. The van der Waals surface area contributed by atoms with Gasteiger partial charge in [0.2, 0.25) is 0 Å². The van der Waals surface area contributed by atoms with E-state index >= 15 is 0 Å². The minimum Gasteiger partial charge on any atom is -0.463 e. The second-order valence-electron chi connectivity index (χ2n) is 3.79. The second-order valence-corrected chi connectivity index (χ2v) is 3.79. The number of ether oxygens (including phenoxy) is 2. The highest BCUT2D eigenvalue weighted by Crippen LogP contribution is 2.17. The molecule has 0 unspecified atom stereocenters. The van der Waals surface area contributed by atoms with Gasteiger partial charge in [0.15, 0.2) is 0 Å². The molecule has 5 nitrogen and oxygen atoms in total. The molecule has 1 N–H and O–H groups in total. The number of aliphatic hydroxyl groups is 1. The SMILES string of the molecule is CCOC(=O)C(O)(CC=C(C)C)C(=O)OCC. The largest absolute Gasteiger partial charge is 0.463 e. The highest BCUT2D eigenvalue weighted by molar-refractivity contribution is 6.03. The van der Waals surface area contributed by atoms with Gasteiger partial charge in [0.1, 0.15) is 0 Å². The van der Waals surface area contributed by atoms with Crippen LogP contribution in [0.1, 0.15) is 34.1 Å². The first-order valence-corrected chi connectivity index (χ1v) is 5.58. The number of esters is 2. The Hall–Kier alpha value is -1.36. The third-order valence-electron chi connectivity index (χ3n) is 2.03. The average molecular weight is 244 g/mol. The van der Waals surface area contributed by atoms with Crippen molar-refractivity contribution in [1.29, 1.82) is 0 Å². The van der Waals surface area contributed by atoms with E-state index in [1.807, 2.05) is 0 Å². The Morgan fingerprint density at radius 2 is 1.53 bits per heavy atom. The predicted octanol–water partition coefficient (Wildman–Crippen LogP) is 1.20. The van der Waals surface area contributed by atoms with Crippen LogP contribution >= 0.6 is 0 Å². The summed E-state index contributed by atoms with van der Waals surface area (Å²) < 4.78 is 9.38. The van der Waals surface area contributed by atoms with E-state index in [2.05, 4.69) is 9.47 Å². The van der Waals surface area contributed by atoms with Crippen molar-refractivity contribution in [2.75, 3.05) is 13.2 Å². The maximum atomic E-state index is 11.6. The van der Waals surface area contributed by atoms with Gasteiger partial charge >= 0.3 is 11.9 Å². The van der Waals surface area contributed by atoms with Crippen molar-refractivity contribution in [3.8, 4) is 0 Å². The fraction of sp³-hybridized carbons (Fsp3) is 0.667. The summed E-state index contributed by atoms with van der Waals surface area (Å²) in [6.07, 6.45) is 1.45. The van der Waals surface area contributed by atoms with E-state index in [0.29, 0.717) is 0 Å². The van der Waals surface area contributed by atoms with Crippen LogP contribution in [0.5, 0.6) is 0 Å². The molecule has 0 aliphatic rings. The summed E-state index contributed by atoms with van der Waals surface area (Å²) in [7, 11) is 0. The lowest BCUT2D eigenvalue weighted by molar-refractivity contribution is -0.182. The zero-order valence-corrected chi connectivity index (χ0v) is 10.8. The van der Waals surface area contributed by atoms with Crippen LogP contribution in [-0.2, 0) is 19.1 Å². The number of allylic oxidation sites excluding steroid dienone is 1. The zero-order valence-electron chi connectivity index (χ0n) is 10.8. The number of hydrogen-bond donors (Lipinski definition) is 1. The molecule has 0 amide bonds. The molecule has 0 spiro atoms. The van der Waals surface area contributed by atoms with E-state index in [9.17, 15) is 14.7 Å². The topological polar surface area (TPSA) is 72.8 Å². The van der Waals surface area contributed by atoms with Gasteiger partial charge in [0, 0.05) is 6.42 Å². The first-order valence-electron chi connectivity index (χ1n) is 5.58. The van der Waals surface area contributed by atoms with Gasteiger partial charge in [-0.1, -0.05) is 11.6 Å². The van der Waals surface area contributed by atoms with E-state index in [1.54, 1.807) is 33.8 Å². The van der Waals surface area contributed by atoms with Crippen LogP contribution in [0, 0.1) is 0 Å². The average Bonchev–Trinajstić information content (AvgIpc) is 2.26. The van der Waals surface area contributed by atoms with Gasteiger partial charge in [-0.05, 0) is 27.7 Å². The van der Waals surface area contributed by atoms with Crippen LogP contribution in [0.3, 0.4) is 0 Å². The summed E-state index contributed by atoms with van der Waals surface area (Å²) in [6.45, 7) is 6.99. The molecule has 0 aliphatic heterocycles. The molecule has 0 aromatic carbocycles. The lowest BCUT2D eigenvalue weighted by Crippen LogP contribution is -2.48. The van der Waals surface area contributed by atoms with Gasteiger partial charge in [-0.3, -0.25) is 0 Å². The zero-order chi connectivity index (χ0) is 13.5. The minimum atomic E-state index is -2.25. The van der Waals surface area contributed by atoms with Crippen molar-refractivity contribution in [2.45, 2.75) is 39.7 Å². The molecule has 0 aromatic heterocycles. The van der Waals surface area contributed by atoms with Crippen LogP contribution in [0.15, 0.2) is 11.6 Å². The van der Waals surface area contributed by atoms with Crippen LogP contribution in [0.4, 0.5) is 0 Å². The van der Waals surface area contributed by atoms with Gasteiger partial charge in [-0.25, -0.2) is 9.59 Å². The Morgan fingerprint density at radius 3 is 1.82 bits per heavy atom. The molecule has 0 fully saturated rings. The summed E-state index contributed by atoms with van der Waals surface area (Å²) >= 11 is 0. The molecular formula is C12H20O5.